The summed E-state index contributed by atoms with van der Waals surface area (Å²) >= 11 is 6.11. The lowest BCUT2D eigenvalue weighted by atomic mass is 10.0. The minimum absolute atomic E-state index is 0.430. The van der Waals surface area contributed by atoms with Crippen LogP contribution in [-0.2, 0) is 0 Å². The van der Waals surface area contributed by atoms with Crippen molar-refractivity contribution < 1.29 is 0 Å². The zero-order valence-corrected chi connectivity index (χ0v) is 11.9. The van der Waals surface area contributed by atoms with E-state index in [-0.39, 0.29) is 0 Å². The maximum Gasteiger partial charge on any atom is 0.101 e. The van der Waals surface area contributed by atoms with Crippen LogP contribution in [0, 0.1) is 11.3 Å². The van der Waals surface area contributed by atoms with Crippen LogP contribution in [0.5, 0.6) is 0 Å². The summed E-state index contributed by atoms with van der Waals surface area (Å²) in [6.45, 7) is 5.55. The number of hydrogen-bond donors (Lipinski definition) is 0. The van der Waals surface area contributed by atoms with E-state index in [0.29, 0.717) is 17.1 Å². The largest absolute Gasteiger partial charge is 0.365 e. The molecule has 1 aromatic rings. The summed E-state index contributed by atoms with van der Waals surface area (Å²) in [7, 11) is 0. The van der Waals surface area contributed by atoms with Crippen molar-refractivity contribution in [1.82, 2.24) is 4.90 Å². The summed E-state index contributed by atoms with van der Waals surface area (Å²) < 4.78 is 0. The summed E-state index contributed by atoms with van der Waals surface area (Å²) in [6, 6.07) is 8.91. The van der Waals surface area contributed by atoms with Gasteiger partial charge in [-0.25, -0.2) is 0 Å². The van der Waals surface area contributed by atoms with E-state index in [1.807, 2.05) is 12.1 Å². The van der Waals surface area contributed by atoms with Gasteiger partial charge in [0, 0.05) is 30.2 Å². The Morgan fingerprint density at radius 2 is 2.21 bits per heavy atom. The van der Waals surface area contributed by atoms with E-state index in [1.54, 1.807) is 6.07 Å². The van der Waals surface area contributed by atoms with Gasteiger partial charge >= 0.3 is 0 Å². The monoisotopic (exact) mass is 275 g/mol. The van der Waals surface area contributed by atoms with Gasteiger partial charge in [-0.05, 0) is 44.5 Å². The van der Waals surface area contributed by atoms with E-state index in [2.05, 4.69) is 22.8 Å². The standard InChI is InChI=1S/C15H18ClN3/c1-11-9-18-6-2-3-14(18)10-19(11)15-7-13(16)5-4-12(15)8-17/h4-5,7,11,14H,2-3,6,9-10H2,1H3. The molecule has 2 heterocycles. The maximum absolute atomic E-state index is 9.28. The fourth-order valence-corrected chi connectivity index (χ4v) is 3.53. The first-order chi connectivity index (χ1) is 9.19. The number of piperazine rings is 1. The summed E-state index contributed by atoms with van der Waals surface area (Å²) in [4.78, 5) is 4.94. The van der Waals surface area contributed by atoms with Gasteiger partial charge in [0.25, 0.3) is 0 Å². The fraction of sp³-hybridized carbons (Fsp3) is 0.533. The Morgan fingerprint density at radius 1 is 1.37 bits per heavy atom. The minimum atomic E-state index is 0.430. The topological polar surface area (TPSA) is 30.3 Å². The SMILES string of the molecule is CC1CN2CCCC2CN1c1cc(Cl)ccc1C#N. The van der Waals surface area contributed by atoms with Crippen LogP contribution in [0.3, 0.4) is 0 Å². The second kappa shape index (κ2) is 5.03. The molecule has 0 amide bonds. The number of halogens is 1. The van der Waals surface area contributed by atoms with Crippen molar-refractivity contribution in [3.8, 4) is 6.07 Å². The van der Waals surface area contributed by atoms with Crippen LogP contribution in [0.25, 0.3) is 0 Å². The zero-order chi connectivity index (χ0) is 13.4. The van der Waals surface area contributed by atoms with Crippen molar-refractivity contribution in [2.24, 2.45) is 0 Å². The molecule has 4 heteroatoms. The predicted molar refractivity (Wildman–Crippen MR) is 77.6 cm³/mol. The van der Waals surface area contributed by atoms with Gasteiger partial charge in [-0.15, -0.1) is 0 Å². The number of benzene rings is 1. The van der Waals surface area contributed by atoms with Crippen LogP contribution in [0.1, 0.15) is 25.3 Å². The molecule has 0 N–H and O–H groups in total. The molecule has 0 aliphatic carbocycles. The molecule has 0 aromatic heterocycles. The molecule has 2 saturated heterocycles. The van der Waals surface area contributed by atoms with Crippen LogP contribution in [0.4, 0.5) is 5.69 Å². The smallest absolute Gasteiger partial charge is 0.101 e. The molecule has 3 nitrogen and oxygen atoms in total. The van der Waals surface area contributed by atoms with Crippen molar-refractivity contribution in [2.75, 3.05) is 24.5 Å². The van der Waals surface area contributed by atoms with Crippen molar-refractivity contribution in [2.45, 2.75) is 31.8 Å². The molecule has 2 aliphatic heterocycles. The highest BCUT2D eigenvalue weighted by Gasteiger charge is 2.35. The molecular weight excluding hydrogens is 258 g/mol. The highest BCUT2D eigenvalue weighted by Crippen LogP contribution is 2.32. The Hall–Kier alpha value is -1.24. The number of fused-ring (bicyclic) bond motifs is 1. The van der Waals surface area contributed by atoms with E-state index in [1.165, 1.54) is 19.4 Å². The van der Waals surface area contributed by atoms with E-state index in [9.17, 15) is 5.26 Å². The second-order valence-corrected chi connectivity index (χ2v) is 6.00. The van der Waals surface area contributed by atoms with Gasteiger partial charge in [-0.1, -0.05) is 11.6 Å². The summed E-state index contributed by atoms with van der Waals surface area (Å²) in [5.74, 6) is 0. The Labute approximate surface area is 119 Å². The van der Waals surface area contributed by atoms with E-state index in [4.69, 9.17) is 11.6 Å². The first-order valence-corrected chi connectivity index (χ1v) is 7.27. The normalized spacial score (nSPS) is 27.1. The molecule has 2 fully saturated rings. The Bertz CT molecular complexity index is 523. The number of nitrogens with zero attached hydrogens (tertiary/aromatic N) is 3. The minimum Gasteiger partial charge on any atom is -0.365 e. The number of rotatable bonds is 1. The van der Waals surface area contributed by atoms with E-state index in [0.717, 1.165) is 24.3 Å². The third kappa shape index (κ3) is 2.31. The number of anilines is 1. The molecular formula is C15H18ClN3. The maximum atomic E-state index is 9.28. The highest BCUT2D eigenvalue weighted by molar-refractivity contribution is 6.30. The van der Waals surface area contributed by atoms with Gasteiger partial charge in [0.1, 0.15) is 6.07 Å². The molecule has 2 atom stereocenters. The lowest BCUT2D eigenvalue weighted by molar-refractivity contribution is 0.203. The van der Waals surface area contributed by atoms with Crippen molar-refractivity contribution in [3.05, 3.63) is 28.8 Å². The Kier molecular flexibility index (Phi) is 3.38. The predicted octanol–water partition coefficient (Wildman–Crippen LogP) is 2.88. The first kappa shape index (κ1) is 12.8. The summed E-state index contributed by atoms with van der Waals surface area (Å²) in [5.41, 5.74) is 1.72. The average Bonchev–Trinajstić information content (AvgIpc) is 2.84. The second-order valence-electron chi connectivity index (χ2n) is 5.57. The fourth-order valence-electron chi connectivity index (χ4n) is 3.36. The molecule has 3 rings (SSSR count). The molecule has 0 radical (unpaired) electrons. The molecule has 0 spiro atoms. The average molecular weight is 276 g/mol. The number of hydrogen-bond acceptors (Lipinski definition) is 3. The zero-order valence-electron chi connectivity index (χ0n) is 11.1. The third-order valence-electron chi connectivity index (χ3n) is 4.33. The van der Waals surface area contributed by atoms with Crippen LogP contribution >= 0.6 is 11.6 Å². The Balaban J connectivity index is 1.93. The van der Waals surface area contributed by atoms with Gasteiger partial charge in [0.15, 0.2) is 0 Å². The summed E-state index contributed by atoms with van der Waals surface area (Å²) in [5, 5.41) is 9.99. The highest BCUT2D eigenvalue weighted by atomic mass is 35.5. The lowest BCUT2D eigenvalue weighted by Gasteiger charge is -2.44. The first-order valence-electron chi connectivity index (χ1n) is 6.89. The van der Waals surface area contributed by atoms with Crippen LogP contribution in [0.2, 0.25) is 5.02 Å². The summed E-state index contributed by atoms with van der Waals surface area (Å²) in [6.07, 6.45) is 2.57. The molecule has 100 valence electrons. The Morgan fingerprint density at radius 3 is 3.00 bits per heavy atom. The van der Waals surface area contributed by atoms with Gasteiger partial charge in [-0.2, -0.15) is 5.26 Å². The molecule has 19 heavy (non-hydrogen) atoms. The number of nitriles is 1. The van der Waals surface area contributed by atoms with Gasteiger partial charge in [-0.3, -0.25) is 4.90 Å². The molecule has 1 aromatic carbocycles. The third-order valence-corrected chi connectivity index (χ3v) is 4.56. The van der Waals surface area contributed by atoms with Gasteiger partial charge in [0.05, 0.1) is 11.3 Å². The van der Waals surface area contributed by atoms with E-state index >= 15 is 0 Å². The van der Waals surface area contributed by atoms with Crippen molar-refractivity contribution in [1.29, 1.82) is 5.26 Å². The quantitative estimate of drug-likeness (QED) is 0.789. The molecule has 0 bridgehead atoms. The van der Waals surface area contributed by atoms with Crippen molar-refractivity contribution in [3.63, 3.8) is 0 Å². The van der Waals surface area contributed by atoms with Crippen LogP contribution in [-0.4, -0.2) is 36.6 Å². The van der Waals surface area contributed by atoms with Crippen LogP contribution < -0.4 is 4.90 Å². The van der Waals surface area contributed by atoms with Gasteiger partial charge in [0.2, 0.25) is 0 Å². The van der Waals surface area contributed by atoms with Crippen molar-refractivity contribution >= 4 is 17.3 Å². The van der Waals surface area contributed by atoms with E-state index < -0.39 is 0 Å². The molecule has 0 saturated carbocycles. The lowest BCUT2D eigenvalue weighted by Crippen LogP contribution is -2.55. The van der Waals surface area contributed by atoms with Crippen LogP contribution in [0.15, 0.2) is 18.2 Å². The molecule has 2 unspecified atom stereocenters. The van der Waals surface area contributed by atoms with Gasteiger partial charge < -0.3 is 4.90 Å². The molecule has 2 aliphatic rings.